The summed E-state index contributed by atoms with van der Waals surface area (Å²) in [4.78, 5) is 25.7. The fraction of sp³-hybridized carbons (Fsp3) is 0.368. The van der Waals surface area contributed by atoms with Crippen LogP contribution in [0, 0.1) is 5.92 Å². The standard InChI is InChI=1S/C19H24N2O5S/c1-11(2)16(21-18(22)15-7-6-8-27-15)19(23)20-12-9-13(24-3)17(26-5)14(10-12)25-4/h6-11,16H,1-5H3,(H,20,23)(H,21,22). The van der Waals surface area contributed by atoms with Gasteiger partial charge in [-0.2, -0.15) is 0 Å². The molecule has 0 saturated heterocycles. The van der Waals surface area contributed by atoms with E-state index in [0.29, 0.717) is 27.8 Å². The van der Waals surface area contributed by atoms with E-state index >= 15 is 0 Å². The number of hydrogen-bond donors (Lipinski definition) is 2. The van der Waals surface area contributed by atoms with Gasteiger partial charge in [-0.15, -0.1) is 11.3 Å². The molecular formula is C19H24N2O5S. The normalized spacial score (nSPS) is 11.6. The lowest BCUT2D eigenvalue weighted by atomic mass is 10.0. The highest BCUT2D eigenvalue weighted by molar-refractivity contribution is 7.12. The number of carbonyl (C=O) groups is 2. The Bertz CT molecular complexity index is 764. The van der Waals surface area contributed by atoms with Crippen LogP contribution >= 0.6 is 11.3 Å². The van der Waals surface area contributed by atoms with Crippen LogP contribution in [0.5, 0.6) is 17.2 Å². The second-order valence-electron chi connectivity index (χ2n) is 6.08. The van der Waals surface area contributed by atoms with Crippen LogP contribution in [0.15, 0.2) is 29.6 Å². The molecule has 0 radical (unpaired) electrons. The Kier molecular flexibility index (Phi) is 7.06. The number of anilines is 1. The van der Waals surface area contributed by atoms with Crippen molar-refractivity contribution in [3.63, 3.8) is 0 Å². The second kappa shape index (κ2) is 9.27. The van der Waals surface area contributed by atoms with Crippen molar-refractivity contribution >= 4 is 28.8 Å². The fourth-order valence-corrected chi connectivity index (χ4v) is 3.16. The van der Waals surface area contributed by atoms with Crippen LogP contribution in [0.3, 0.4) is 0 Å². The van der Waals surface area contributed by atoms with Gasteiger partial charge < -0.3 is 24.8 Å². The summed E-state index contributed by atoms with van der Waals surface area (Å²) in [6.45, 7) is 3.74. The van der Waals surface area contributed by atoms with Crippen molar-refractivity contribution in [1.82, 2.24) is 5.32 Å². The molecule has 2 amide bonds. The average molecular weight is 392 g/mol. The summed E-state index contributed by atoms with van der Waals surface area (Å²) in [6, 6.07) is 6.09. The summed E-state index contributed by atoms with van der Waals surface area (Å²) >= 11 is 1.32. The Hall–Kier alpha value is -2.74. The maximum absolute atomic E-state index is 12.8. The fourth-order valence-electron chi connectivity index (χ4n) is 2.53. The minimum absolute atomic E-state index is 0.101. The monoisotopic (exact) mass is 392 g/mol. The zero-order valence-corrected chi connectivity index (χ0v) is 16.8. The van der Waals surface area contributed by atoms with Gasteiger partial charge in [-0.05, 0) is 17.4 Å². The first-order chi connectivity index (χ1) is 12.9. The predicted molar refractivity (Wildman–Crippen MR) is 105 cm³/mol. The van der Waals surface area contributed by atoms with E-state index in [2.05, 4.69) is 10.6 Å². The van der Waals surface area contributed by atoms with E-state index in [1.165, 1.54) is 32.7 Å². The first kappa shape index (κ1) is 20.6. The first-order valence-electron chi connectivity index (χ1n) is 8.36. The van der Waals surface area contributed by atoms with Crippen LogP contribution in [-0.2, 0) is 4.79 Å². The lowest BCUT2D eigenvalue weighted by Gasteiger charge is -2.22. The molecule has 2 rings (SSSR count). The van der Waals surface area contributed by atoms with Gasteiger partial charge in [0.15, 0.2) is 11.5 Å². The quantitative estimate of drug-likeness (QED) is 0.721. The Morgan fingerprint density at radius 3 is 2.11 bits per heavy atom. The second-order valence-corrected chi connectivity index (χ2v) is 7.02. The highest BCUT2D eigenvalue weighted by Gasteiger charge is 2.26. The van der Waals surface area contributed by atoms with Crippen LogP contribution in [0.25, 0.3) is 0 Å². The molecule has 1 aromatic heterocycles. The van der Waals surface area contributed by atoms with Crippen LogP contribution in [0.4, 0.5) is 5.69 Å². The Balaban J connectivity index is 2.21. The first-order valence-corrected chi connectivity index (χ1v) is 9.24. The van der Waals surface area contributed by atoms with Crippen molar-refractivity contribution in [2.75, 3.05) is 26.6 Å². The molecule has 0 spiro atoms. The molecule has 2 aromatic rings. The third kappa shape index (κ3) is 4.91. The molecule has 0 aliphatic carbocycles. The van der Waals surface area contributed by atoms with Crippen molar-refractivity contribution in [1.29, 1.82) is 0 Å². The lowest BCUT2D eigenvalue weighted by Crippen LogP contribution is -2.46. The number of benzene rings is 1. The van der Waals surface area contributed by atoms with Crippen molar-refractivity contribution in [3.8, 4) is 17.2 Å². The van der Waals surface area contributed by atoms with E-state index in [0.717, 1.165) is 0 Å². The lowest BCUT2D eigenvalue weighted by molar-refractivity contribution is -0.118. The number of thiophene rings is 1. The van der Waals surface area contributed by atoms with Gasteiger partial charge in [-0.25, -0.2) is 0 Å². The molecule has 0 aliphatic heterocycles. The average Bonchev–Trinajstić information content (AvgIpc) is 3.19. The summed E-state index contributed by atoms with van der Waals surface area (Å²) in [5, 5.41) is 7.41. The van der Waals surface area contributed by atoms with Crippen LogP contribution in [0.1, 0.15) is 23.5 Å². The number of carbonyl (C=O) groups excluding carboxylic acids is 2. The van der Waals surface area contributed by atoms with Crippen molar-refractivity contribution in [2.45, 2.75) is 19.9 Å². The SMILES string of the molecule is COc1cc(NC(=O)C(NC(=O)c2cccs2)C(C)C)cc(OC)c1OC. The van der Waals surface area contributed by atoms with E-state index in [-0.39, 0.29) is 17.7 Å². The molecule has 0 bridgehead atoms. The van der Waals surface area contributed by atoms with E-state index in [1.807, 2.05) is 19.2 Å². The van der Waals surface area contributed by atoms with Gasteiger partial charge in [0.2, 0.25) is 11.7 Å². The maximum Gasteiger partial charge on any atom is 0.262 e. The minimum Gasteiger partial charge on any atom is -0.493 e. The van der Waals surface area contributed by atoms with Gasteiger partial charge in [0.1, 0.15) is 6.04 Å². The van der Waals surface area contributed by atoms with Crippen molar-refractivity contribution in [2.24, 2.45) is 5.92 Å². The Morgan fingerprint density at radius 2 is 1.67 bits per heavy atom. The summed E-state index contributed by atoms with van der Waals surface area (Å²) in [6.07, 6.45) is 0. The predicted octanol–water partition coefficient (Wildman–Crippen LogP) is 3.17. The van der Waals surface area contributed by atoms with Gasteiger partial charge in [-0.1, -0.05) is 19.9 Å². The maximum atomic E-state index is 12.8. The van der Waals surface area contributed by atoms with Gasteiger partial charge in [0.05, 0.1) is 26.2 Å². The van der Waals surface area contributed by atoms with Crippen molar-refractivity contribution < 1.29 is 23.8 Å². The number of ether oxygens (including phenoxy) is 3. The molecule has 1 atom stereocenters. The minimum atomic E-state index is -0.696. The van der Waals surface area contributed by atoms with Gasteiger partial charge >= 0.3 is 0 Å². The molecule has 8 heteroatoms. The zero-order valence-electron chi connectivity index (χ0n) is 16.0. The Labute approximate surface area is 162 Å². The molecular weight excluding hydrogens is 368 g/mol. The number of amides is 2. The van der Waals surface area contributed by atoms with Crippen LogP contribution in [-0.4, -0.2) is 39.2 Å². The summed E-state index contributed by atoms with van der Waals surface area (Å²) in [7, 11) is 4.51. The van der Waals surface area contributed by atoms with E-state index in [9.17, 15) is 9.59 Å². The van der Waals surface area contributed by atoms with E-state index in [1.54, 1.807) is 24.3 Å². The molecule has 7 nitrogen and oxygen atoms in total. The molecule has 1 aromatic carbocycles. The molecule has 2 N–H and O–H groups in total. The molecule has 0 saturated carbocycles. The molecule has 146 valence electrons. The molecule has 0 aliphatic rings. The molecule has 27 heavy (non-hydrogen) atoms. The molecule has 1 heterocycles. The zero-order chi connectivity index (χ0) is 20.0. The number of methoxy groups -OCH3 is 3. The number of nitrogens with one attached hydrogen (secondary N) is 2. The van der Waals surface area contributed by atoms with E-state index < -0.39 is 6.04 Å². The highest BCUT2D eigenvalue weighted by Crippen LogP contribution is 2.40. The molecule has 0 fully saturated rings. The smallest absolute Gasteiger partial charge is 0.262 e. The Morgan fingerprint density at radius 1 is 1.04 bits per heavy atom. The summed E-state index contributed by atoms with van der Waals surface area (Å²) in [5.74, 6) is 0.583. The van der Waals surface area contributed by atoms with Crippen LogP contribution in [0.2, 0.25) is 0 Å². The van der Waals surface area contributed by atoms with Gasteiger partial charge in [0, 0.05) is 17.8 Å². The van der Waals surface area contributed by atoms with Gasteiger partial charge in [0.25, 0.3) is 5.91 Å². The van der Waals surface area contributed by atoms with Crippen LogP contribution < -0.4 is 24.8 Å². The highest BCUT2D eigenvalue weighted by atomic mass is 32.1. The topological polar surface area (TPSA) is 85.9 Å². The van der Waals surface area contributed by atoms with E-state index in [4.69, 9.17) is 14.2 Å². The van der Waals surface area contributed by atoms with Crippen molar-refractivity contribution in [3.05, 3.63) is 34.5 Å². The summed E-state index contributed by atoms with van der Waals surface area (Å²) in [5.41, 5.74) is 0.477. The number of hydrogen-bond acceptors (Lipinski definition) is 6. The summed E-state index contributed by atoms with van der Waals surface area (Å²) < 4.78 is 15.9. The largest absolute Gasteiger partial charge is 0.493 e. The third-order valence-corrected chi connectivity index (χ3v) is 4.78. The molecule has 1 unspecified atom stereocenters. The van der Waals surface area contributed by atoms with Gasteiger partial charge in [-0.3, -0.25) is 9.59 Å². The number of rotatable bonds is 8. The third-order valence-electron chi connectivity index (χ3n) is 3.91.